The smallest absolute Gasteiger partial charge is 0.221 e. The highest BCUT2D eigenvalue weighted by Gasteiger charge is 2.17. The minimum atomic E-state index is -3.26. The number of carbonyl (C=O) groups excluding carboxylic acids is 1. The van der Waals surface area contributed by atoms with Crippen LogP contribution >= 0.6 is 0 Å². The van der Waals surface area contributed by atoms with Crippen molar-refractivity contribution >= 4 is 21.4 Å². The molecule has 1 rings (SSSR count). The number of rotatable bonds is 8. The molecule has 0 fully saturated rings. The van der Waals surface area contributed by atoms with Gasteiger partial charge in [0, 0.05) is 19.5 Å². The molecule has 6 heteroatoms. The van der Waals surface area contributed by atoms with Crippen molar-refractivity contribution in [2.24, 2.45) is 0 Å². The van der Waals surface area contributed by atoms with Gasteiger partial charge in [0.05, 0.1) is 16.3 Å². The maximum Gasteiger partial charge on any atom is 0.221 e. The molecule has 0 spiro atoms. The van der Waals surface area contributed by atoms with Crippen molar-refractivity contribution in [2.45, 2.75) is 31.6 Å². The van der Waals surface area contributed by atoms with Crippen LogP contribution in [-0.2, 0) is 14.6 Å². The average Bonchev–Trinajstić information content (AvgIpc) is 2.39. The Balaban J connectivity index is 2.74. The summed E-state index contributed by atoms with van der Waals surface area (Å²) in [6.07, 6.45) is 0.894. The summed E-state index contributed by atoms with van der Waals surface area (Å²) < 4.78 is 24.3. The zero-order valence-electron chi connectivity index (χ0n) is 12.0. The molecule has 1 aromatic carbocycles. The number of nitrogens with one attached hydrogen (secondary N) is 2. The van der Waals surface area contributed by atoms with Gasteiger partial charge in [-0.1, -0.05) is 19.1 Å². The predicted octanol–water partition coefficient (Wildman–Crippen LogP) is 1.81. The molecule has 20 heavy (non-hydrogen) atoms. The maximum absolute atomic E-state index is 12.1. The van der Waals surface area contributed by atoms with Crippen molar-refractivity contribution in [3.63, 3.8) is 0 Å². The van der Waals surface area contributed by atoms with Gasteiger partial charge in [0.2, 0.25) is 5.91 Å². The predicted molar refractivity (Wildman–Crippen MR) is 80.6 cm³/mol. The Hall–Kier alpha value is -1.56. The van der Waals surface area contributed by atoms with Crippen molar-refractivity contribution in [1.29, 1.82) is 0 Å². The van der Waals surface area contributed by atoms with Crippen molar-refractivity contribution in [3.05, 3.63) is 24.3 Å². The summed E-state index contributed by atoms with van der Waals surface area (Å²) in [5.74, 6) is 0.0797. The molecule has 0 heterocycles. The third-order valence-corrected chi connectivity index (χ3v) is 4.71. The first-order valence-corrected chi connectivity index (χ1v) is 8.48. The number of hydrogen-bond acceptors (Lipinski definition) is 4. The second kappa shape index (κ2) is 7.89. The fourth-order valence-corrected chi connectivity index (χ4v) is 3.38. The fraction of sp³-hybridized carbons (Fsp3) is 0.500. The Morgan fingerprint density at radius 3 is 2.55 bits per heavy atom. The lowest BCUT2D eigenvalue weighted by atomic mass is 10.3. The standard InChI is InChI=1S/C14H22N2O3S/c1-3-11-20(18,19)13-8-6-5-7-12(13)16-10-9-14(17)15-4-2/h5-8,16H,3-4,9-11H2,1-2H3,(H,15,17). The van der Waals surface area contributed by atoms with Gasteiger partial charge < -0.3 is 10.6 Å². The van der Waals surface area contributed by atoms with E-state index >= 15 is 0 Å². The monoisotopic (exact) mass is 298 g/mol. The molecule has 0 bridgehead atoms. The first kappa shape index (κ1) is 16.5. The normalized spacial score (nSPS) is 11.1. The van der Waals surface area contributed by atoms with Crippen LogP contribution in [0.3, 0.4) is 0 Å². The Morgan fingerprint density at radius 1 is 1.20 bits per heavy atom. The lowest BCUT2D eigenvalue weighted by Crippen LogP contribution is -2.25. The van der Waals surface area contributed by atoms with Gasteiger partial charge in [-0.25, -0.2) is 8.42 Å². The molecule has 0 aliphatic rings. The number of anilines is 1. The van der Waals surface area contributed by atoms with Gasteiger partial charge >= 0.3 is 0 Å². The molecule has 112 valence electrons. The number of sulfone groups is 1. The van der Waals surface area contributed by atoms with Gasteiger partial charge in [0.15, 0.2) is 9.84 Å². The molecule has 0 radical (unpaired) electrons. The number of hydrogen-bond donors (Lipinski definition) is 2. The zero-order valence-corrected chi connectivity index (χ0v) is 12.8. The van der Waals surface area contributed by atoms with E-state index in [-0.39, 0.29) is 11.7 Å². The Bertz CT molecular complexity index is 541. The van der Waals surface area contributed by atoms with Gasteiger partial charge in [-0.15, -0.1) is 0 Å². The third kappa shape index (κ3) is 4.85. The quantitative estimate of drug-likeness (QED) is 0.767. The van der Waals surface area contributed by atoms with Crippen molar-refractivity contribution in [2.75, 3.05) is 24.2 Å². The van der Waals surface area contributed by atoms with Crippen molar-refractivity contribution in [1.82, 2.24) is 5.32 Å². The van der Waals surface area contributed by atoms with E-state index in [9.17, 15) is 13.2 Å². The summed E-state index contributed by atoms with van der Waals surface area (Å²) >= 11 is 0. The van der Waals surface area contributed by atoms with Crippen LogP contribution < -0.4 is 10.6 Å². The van der Waals surface area contributed by atoms with E-state index in [4.69, 9.17) is 0 Å². The lowest BCUT2D eigenvalue weighted by molar-refractivity contribution is -0.120. The van der Waals surface area contributed by atoms with Crippen LogP contribution in [0.4, 0.5) is 5.69 Å². The van der Waals surface area contributed by atoms with Gasteiger partial charge in [0.25, 0.3) is 0 Å². The summed E-state index contributed by atoms with van der Waals surface area (Å²) in [6.45, 7) is 4.70. The summed E-state index contributed by atoms with van der Waals surface area (Å²) in [4.78, 5) is 11.7. The van der Waals surface area contributed by atoms with E-state index in [2.05, 4.69) is 10.6 Å². The largest absolute Gasteiger partial charge is 0.383 e. The van der Waals surface area contributed by atoms with E-state index in [1.807, 2.05) is 13.8 Å². The molecule has 0 atom stereocenters. The van der Waals surface area contributed by atoms with Gasteiger partial charge in [-0.2, -0.15) is 0 Å². The SMILES string of the molecule is CCCS(=O)(=O)c1ccccc1NCCC(=O)NCC. The molecule has 1 amide bonds. The van der Waals surface area contributed by atoms with E-state index in [1.165, 1.54) is 0 Å². The molecular weight excluding hydrogens is 276 g/mol. The van der Waals surface area contributed by atoms with E-state index < -0.39 is 9.84 Å². The van der Waals surface area contributed by atoms with Crippen LogP contribution in [-0.4, -0.2) is 33.2 Å². The minimum absolute atomic E-state index is 0.0473. The summed E-state index contributed by atoms with van der Waals surface area (Å²) in [7, 11) is -3.26. The molecule has 0 saturated carbocycles. The fourth-order valence-electron chi connectivity index (χ4n) is 1.86. The Morgan fingerprint density at radius 2 is 1.90 bits per heavy atom. The zero-order chi connectivity index (χ0) is 15.0. The number of para-hydroxylation sites is 1. The molecule has 0 saturated heterocycles. The summed E-state index contributed by atoms with van der Waals surface area (Å²) in [5, 5.41) is 5.73. The van der Waals surface area contributed by atoms with Gasteiger partial charge in [0.1, 0.15) is 0 Å². The maximum atomic E-state index is 12.1. The number of amides is 1. The lowest BCUT2D eigenvalue weighted by Gasteiger charge is -2.12. The van der Waals surface area contributed by atoms with Gasteiger partial charge in [-0.05, 0) is 25.5 Å². The van der Waals surface area contributed by atoms with Crippen LogP contribution in [0.1, 0.15) is 26.7 Å². The molecule has 1 aromatic rings. The van der Waals surface area contributed by atoms with Gasteiger partial charge in [-0.3, -0.25) is 4.79 Å². The first-order chi connectivity index (χ1) is 9.51. The topological polar surface area (TPSA) is 75.3 Å². The third-order valence-electron chi connectivity index (χ3n) is 2.74. The highest BCUT2D eigenvalue weighted by Crippen LogP contribution is 2.22. The molecular formula is C14H22N2O3S. The molecule has 2 N–H and O–H groups in total. The van der Waals surface area contributed by atoms with Crippen molar-refractivity contribution in [3.8, 4) is 0 Å². The van der Waals surface area contributed by atoms with Crippen LogP contribution in [0.2, 0.25) is 0 Å². The summed E-state index contributed by atoms with van der Waals surface area (Å²) in [5.41, 5.74) is 0.560. The molecule has 5 nitrogen and oxygen atoms in total. The van der Waals surface area contributed by atoms with Crippen LogP contribution in [0.15, 0.2) is 29.2 Å². The second-order valence-corrected chi connectivity index (χ2v) is 6.52. The Kier molecular flexibility index (Phi) is 6.51. The van der Waals surface area contributed by atoms with Crippen LogP contribution in [0.5, 0.6) is 0 Å². The Labute approximate surface area is 120 Å². The highest BCUT2D eigenvalue weighted by molar-refractivity contribution is 7.91. The first-order valence-electron chi connectivity index (χ1n) is 6.83. The second-order valence-electron chi connectivity index (χ2n) is 4.45. The molecule has 0 unspecified atom stereocenters. The minimum Gasteiger partial charge on any atom is -0.383 e. The molecule has 0 aliphatic carbocycles. The van der Waals surface area contributed by atoms with E-state index in [0.717, 1.165) is 0 Å². The number of carbonyl (C=O) groups is 1. The van der Waals surface area contributed by atoms with E-state index in [0.29, 0.717) is 36.5 Å². The highest BCUT2D eigenvalue weighted by atomic mass is 32.2. The summed E-state index contributed by atoms with van der Waals surface area (Å²) in [6, 6.07) is 6.80. The molecule has 0 aromatic heterocycles. The average molecular weight is 298 g/mol. The molecule has 0 aliphatic heterocycles. The van der Waals surface area contributed by atoms with Crippen LogP contribution in [0, 0.1) is 0 Å². The van der Waals surface area contributed by atoms with Crippen LogP contribution in [0.25, 0.3) is 0 Å². The van der Waals surface area contributed by atoms with E-state index in [1.54, 1.807) is 24.3 Å². The van der Waals surface area contributed by atoms with Crippen molar-refractivity contribution < 1.29 is 13.2 Å². The number of benzene rings is 1.